The minimum absolute atomic E-state index is 0.208. The minimum Gasteiger partial charge on any atom is -0.375 e. The monoisotopic (exact) mass is 237 g/mol. The van der Waals surface area contributed by atoms with Crippen molar-refractivity contribution in [3.8, 4) is 0 Å². The number of rotatable bonds is 3. The molecule has 0 saturated heterocycles. The number of hydrogen-bond acceptors (Lipinski definition) is 3. The Kier molecular flexibility index (Phi) is 3.13. The zero-order valence-electron chi connectivity index (χ0n) is 8.71. The van der Waals surface area contributed by atoms with Gasteiger partial charge in [0.15, 0.2) is 0 Å². The van der Waals surface area contributed by atoms with E-state index < -0.39 is 23.0 Å². The van der Waals surface area contributed by atoms with Gasteiger partial charge >= 0.3 is 5.56 Å². The fraction of sp³-hybridized carbons (Fsp3) is 0.0909. The third kappa shape index (κ3) is 2.47. The van der Waals surface area contributed by atoms with Crippen LogP contribution in [0.1, 0.15) is 5.56 Å². The lowest BCUT2D eigenvalue weighted by Crippen LogP contribution is -2.18. The highest BCUT2D eigenvalue weighted by atomic mass is 19.1. The molecule has 0 aliphatic carbocycles. The number of benzene rings is 1. The molecule has 0 spiro atoms. The Hall–Kier alpha value is -2.24. The second-order valence-corrected chi connectivity index (χ2v) is 3.37. The molecule has 1 aromatic carbocycles. The third-order valence-corrected chi connectivity index (χ3v) is 2.19. The molecule has 0 fully saturated rings. The minimum atomic E-state index is -1.20. The molecule has 0 bridgehead atoms. The van der Waals surface area contributed by atoms with Crippen molar-refractivity contribution < 1.29 is 8.78 Å². The largest absolute Gasteiger partial charge is 0.375 e. The average Bonchev–Trinajstić information content (AvgIpc) is 2.35. The summed E-state index contributed by atoms with van der Waals surface area (Å²) in [5, 5.41) is 7.26. The molecular weight excluding hydrogens is 228 g/mol. The standard InChI is InChI=1S/C11H9F2N3O/c12-8-9(10(13)15-16-11(8)17)14-6-7-4-2-1-3-5-7/h1-5H,6H2,(H2,14,16,17). The third-order valence-electron chi connectivity index (χ3n) is 2.19. The topological polar surface area (TPSA) is 57.8 Å². The van der Waals surface area contributed by atoms with Crippen LogP contribution in [0, 0.1) is 11.8 Å². The molecule has 0 saturated carbocycles. The van der Waals surface area contributed by atoms with Crippen LogP contribution in [-0.4, -0.2) is 10.2 Å². The van der Waals surface area contributed by atoms with Crippen molar-refractivity contribution in [2.24, 2.45) is 0 Å². The van der Waals surface area contributed by atoms with Gasteiger partial charge in [-0.1, -0.05) is 30.3 Å². The van der Waals surface area contributed by atoms with Crippen molar-refractivity contribution in [3.05, 3.63) is 58.0 Å². The fourth-order valence-electron chi connectivity index (χ4n) is 1.35. The Morgan fingerprint density at radius 2 is 1.94 bits per heavy atom. The second-order valence-electron chi connectivity index (χ2n) is 3.37. The van der Waals surface area contributed by atoms with Crippen LogP contribution in [0.15, 0.2) is 35.1 Å². The molecule has 0 atom stereocenters. The van der Waals surface area contributed by atoms with Crippen LogP contribution in [0.5, 0.6) is 0 Å². The first-order valence-corrected chi connectivity index (χ1v) is 4.90. The van der Waals surface area contributed by atoms with Crippen molar-refractivity contribution in [2.75, 3.05) is 5.32 Å². The summed E-state index contributed by atoms with van der Waals surface area (Å²) in [6.07, 6.45) is 0. The Labute approximate surface area is 95.3 Å². The van der Waals surface area contributed by atoms with E-state index in [-0.39, 0.29) is 6.54 Å². The van der Waals surface area contributed by atoms with Crippen molar-refractivity contribution in [3.63, 3.8) is 0 Å². The van der Waals surface area contributed by atoms with Gasteiger partial charge in [-0.25, -0.2) is 5.10 Å². The summed E-state index contributed by atoms with van der Waals surface area (Å²) in [4.78, 5) is 10.9. The normalized spacial score (nSPS) is 10.2. The molecule has 17 heavy (non-hydrogen) atoms. The summed E-state index contributed by atoms with van der Waals surface area (Å²) in [6.45, 7) is 0.208. The van der Waals surface area contributed by atoms with Crippen LogP contribution in [0.3, 0.4) is 0 Å². The Balaban J connectivity index is 2.20. The van der Waals surface area contributed by atoms with Gasteiger partial charge in [-0.2, -0.15) is 8.78 Å². The molecule has 2 rings (SSSR count). The first-order chi connectivity index (χ1) is 8.18. The predicted molar refractivity (Wildman–Crippen MR) is 58.5 cm³/mol. The molecule has 1 aromatic heterocycles. The smallest absolute Gasteiger partial charge is 0.302 e. The van der Waals surface area contributed by atoms with Crippen LogP contribution in [0.2, 0.25) is 0 Å². The summed E-state index contributed by atoms with van der Waals surface area (Å²) in [5.74, 6) is -2.27. The molecule has 88 valence electrons. The molecule has 2 aromatic rings. The van der Waals surface area contributed by atoms with Crippen LogP contribution < -0.4 is 10.9 Å². The van der Waals surface area contributed by atoms with Crippen LogP contribution in [0.4, 0.5) is 14.5 Å². The van der Waals surface area contributed by atoms with E-state index in [9.17, 15) is 13.6 Å². The number of H-pyrrole nitrogens is 1. The molecule has 0 amide bonds. The molecule has 0 aliphatic heterocycles. The van der Waals surface area contributed by atoms with E-state index in [0.29, 0.717) is 0 Å². The number of halogens is 2. The van der Waals surface area contributed by atoms with E-state index in [0.717, 1.165) is 5.56 Å². The van der Waals surface area contributed by atoms with Gasteiger partial charge in [0.05, 0.1) is 0 Å². The van der Waals surface area contributed by atoms with E-state index in [4.69, 9.17) is 0 Å². The average molecular weight is 237 g/mol. The number of anilines is 1. The zero-order valence-corrected chi connectivity index (χ0v) is 8.71. The maximum absolute atomic E-state index is 13.3. The van der Waals surface area contributed by atoms with Gasteiger partial charge in [0.25, 0.3) is 5.95 Å². The summed E-state index contributed by atoms with van der Waals surface area (Å²) in [5.41, 5.74) is -0.730. The van der Waals surface area contributed by atoms with E-state index in [1.54, 1.807) is 29.4 Å². The Morgan fingerprint density at radius 1 is 1.24 bits per heavy atom. The summed E-state index contributed by atoms with van der Waals surface area (Å²) >= 11 is 0. The highest BCUT2D eigenvalue weighted by molar-refractivity contribution is 5.42. The van der Waals surface area contributed by atoms with Gasteiger partial charge in [0, 0.05) is 6.54 Å². The summed E-state index contributed by atoms with van der Waals surface area (Å²) in [6, 6.07) is 9.03. The molecule has 0 radical (unpaired) electrons. The van der Waals surface area contributed by atoms with Crippen molar-refractivity contribution in [2.45, 2.75) is 6.54 Å². The van der Waals surface area contributed by atoms with Gasteiger partial charge in [0.2, 0.25) is 5.82 Å². The lowest BCUT2D eigenvalue weighted by molar-refractivity contribution is 0.525. The van der Waals surface area contributed by atoms with E-state index in [1.807, 2.05) is 6.07 Å². The fourth-order valence-corrected chi connectivity index (χ4v) is 1.35. The maximum Gasteiger partial charge on any atom is 0.302 e. The lowest BCUT2D eigenvalue weighted by Gasteiger charge is -2.06. The molecule has 2 N–H and O–H groups in total. The number of aromatic nitrogens is 2. The van der Waals surface area contributed by atoms with Crippen molar-refractivity contribution in [1.29, 1.82) is 0 Å². The Bertz CT molecular complexity index is 569. The molecular formula is C11H9F2N3O. The molecule has 0 unspecified atom stereocenters. The van der Waals surface area contributed by atoms with Crippen LogP contribution in [0.25, 0.3) is 0 Å². The van der Waals surface area contributed by atoms with Gasteiger partial charge in [-0.15, -0.1) is 5.10 Å². The van der Waals surface area contributed by atoms with Crippen molar-refractivity contribution >= 4 is 5.69 Å². The first kappa shape index (κ1) is 11.3. The number of hydrogen-bond donors (Lipinski definition) is 2. The van der Waals surface area contributed by atoms with Gasteiger partial charge < -0.3 is 5.32 Å². The lowest BCUT2D eigenvalue weighted by atomic mass is 10.2. The summed E-state index contributed by atoms with van der Waals surface area (Å²) < 4.78 is 26.4. The van der Waals surface area contributed by atoms with Crippen molar-refractivity contribution in [1.82, 2.24) is 10.2 Å². The summed E-state index contributed by atoms with van der Waals surface area (Å²) in [7, 11) is 0. The van der Waals surface area contributed by atoms with Gasteiger partial charge in [-0.05, 0) is 5.56 Å². The van der Waals surface area contributed by atoms with Gasteiger partial charge in [0.1, 0.15) is 5.69 Å². The highest BCUT2D eigenvalue weighted by Gasteiger charge is 2.13. The SMILES string of the molecule is O=c1[nH]nc(F)c(NCc2ccccc2)c1F. The van der Waals surface area contributed by atoms with Gasteiger partial charge in [-0.3, -0.25) is 4.79 Å². The number of nitrogens with one attached hydrogen (secondary N) is 2. The molecule has 0 aliphatic rings. The van der Waals surface area contributed by atoms with Crippen LogP contribution in [-0.2, 0) is 6.54 Å². The van der Waals surface area contributed by atoms with Crippen LogP contribution >= 0.6 is 0 Å². The maximum atomic E-state index is 13.3. The quantitative estimate of drug-likeness (QED) is 0.853. The van der Waals surface area contributed by atoms with E-state index in [1.165, 1.54) is 0 Å². The number of nitrogens with zero attached hydrogens (tertiary/aromatic N) is 1. The predicted octanol–water partition coefficient (Wildman–Crippen LogP) is 1.66. The molecule has 4 nitrogen and oxygen atoms in total. The Morgan fingerprint density at radius 3 is 2.65 bits per heavy atom. The molecule has 6 heteroatoms. The highest BCUT2D eigenvalue weighted by Crippen LogP contribution is 2.13. The zero-order chi connectivity index (χ0) is 12.3. The van der Waals surface area contributed by atoms with E-state index >= 15 is 0 Å². The van der Waals surface area contributed by atoms with E-state index in [2.05, 4.69) is 10.4 Å². The molecule has 1 heterocycles. The number of aromatic amines is 1. The first-order valence-electron chi connectivity index (χ1n) is 4.90. The second kappa shape index (κ2) is 4.73.